The summed E-state index contributed by atoms with van der Waals surface area (Å²) in [5, 5.41) is 8.85. The van der Waals surface area contributed by atoms with Gasteiger partial charge in [0, 0.05) is 0 Å². The highest BCUT2D eigenvalue weighted by Crippen LogP contribution is 2.20. The fourth-order valence-corrected chi connectivity index (χ4v) is 2.66. The van der Waals surface area contributed by atoms with Crippen molar-refractivity contribution in [2.24, 2.45) is 0 Å². The Balaban J connectivity index is 2.43. The van der Waals surface area contributed by atoms with Gasteiger partial charge in [0.2, 0.25) is 0 Å². The second-order valence-electron chi connectivity index (χ2n) is 6.07. The van der Waals surface area contributed by atoms with Gasteiger partial charge in [0.05, 0.1) is 17.7 Å². The van der Waals surface area contributed by atoms with E-state index in [1.807, 2.05) is 24.3 Å². The average Bonchev–Trinajstić information content (AvgIpc) is 2.55. The van der Waals surface area contributed by atoms with Gasteiger partial charge in [0.15, 0.2) is 0 Å². The Labute approximate surface area is 136 Å². The van der Waals surface area contributed by atoms with Crippen molar-refractivity contribution in [3.63, 3.8) is 0 Å². The molecule has 122 valence electrons. The Morgan fingerprint density at radius 1 is 0.864 bits per heavy atom. The van der Waals surface area contributed by atoms with E-state index < -0.39 is 0 Å². The number of nitriles is 1. The van der Waals surface area contributed by atoms with Gasteiger partial charge in [0.1, 0.15) is 5.75 Å². The van der Waals surface area contributed by atoms with E-state index in [4.69, 9.17) is 10.00 Å². The van der Waals surface area contributed by atoms with Gasteiger partial charge in [-0.15, -0.1) is 0 Å². The zero-order chi connectivity index (χ0) is 16.0. The fourth-order valence-electron chi connectivity index (χ4n) is 2.66. The normalized spacial score (nSPS) is 11.9. The molecule has 0 saturated carbocycles. The molecule has 2 nitrogen and oxygen atoms in total. The van der Waals surface area contributed by atoms with Crippen LogP contribution in [0.15, 0.2) is 24.3 Å². The second-order valence-corrected chi connectivity index (χ2v) is 6.07. The number of benzene rings is 1. The lowest BCUT2D eigenvalue weighted by atomic mass is 10.0. The minimum atomic E-state index is 0.320. The van der Waals surface area contributed by atoms with Crippen LogP contribution in [-0.2, 0) is 0 Å². The van der Waals surface area contributed by atoms with Crippen LogP contribution in [0.25, 0.3) is 0 Å². The summed E-state index contributed by atoms with van der Waals surface area (Å²) < 4.78 is 6.16. The van der Waals surface area contributed by atoms with Crippen LogP contribution in [-0.4, -0.2) is 6.10 Å². The molecule has 0 radical (unpaired) electrons. The molecule has 0 bridgehead atoms. The third-order valence-electron chi connectivity index (χ3n) is 4.05. The highest BCUT2D eigenvalue weighted by molar-refractivity contribution is 5.34. The van der Waals surface area contributed by atoms with Gasteiger partial charge in [-0.05, 0) is 49.9 Å². The molecule has 0 aliphatic heterocycles. The second kappa shape index (κ2) is 12.1. The van der Waals surface area contributed by atoms with Gasteiger partial charge >= 0.3 is 0 Å². The predicted molar refractivity (Wildman–Crippen MR) is 93.1 cm³/mol. The van der Waals surface area contributed by atoms with Crippen molar-refractivity contribution in [2.75, 3.05) is 0 Å². The van der Waals surface area contributed by atoms with E-state index in [-0.39, 0.29) is 0 Å². The summed E-state index contributed by atoms with van der Waals surface area (Å²) in [5.41, 5.74) is 0.689. The maximum atomic E-state index is 8.85. The smallest absolute Gasteiger partial charge is 0.119 e. The molecule has 0 aliphatic carbocycles. The van der Waals surface area contributed by atoms with Gasteiger partial charge in [-0.3, -0.25) is 0 Å². The van der Waals surface area contributed by atoms with Gasteiger partial charge < -0.3 is 4.74 Å². The first-order chi connectivity index (χ1) is 10.8. The summed E-state index contributed by atoms with van der Waals surface area (Å²) in [6.45, 7) is 4.49. The summed E-state index contributed by atoms with van der Waals surface area (Å²) >= 11 is 0. The molecule has 1 aromatic carbocycles. The lowest BCUT2D eigenvalue weighted by Gasteiger charge is -2.19. The molecule has 0 heterocycles. The molecule has 22 heavy (non-hydrogen) atoms. The van der Waals surface area contributed by atoms with Crippen LogP contribution in [0, 0.1) is 11.3 Å². The molecule has 1 rings (SSSR count). The Kier molecular flexibility index (Phi) is 10.2. The van der Waals surface area contributed by atoms with E-state index in [1.54, 1.807) is 0 Å². The van der Waals surface area contributed by atoms with Gasteiger partial charge in [0.25, 0.3) is 0 Å². The van der Waals surface area contributed by atoms with Crippen molar-refractivity contribution in [1.82, 2.24) is 0 Å². The maximum absolute atomic E-state index is 8.85. The molecule has 2 heteroatoms. The van der Waals surface area contributed by atoms with Crippen molar-refractivity contribution in [3.05, 3.63) is 29.8 Å². The first-order valence-corrected chi connectivity index (χ1v) is 8.97. The topological polar surface area (TPSA) is 33.0 Å². The lowest BCUT2D eigenvalue weighted by Crippen LogP contribution is -2.16. The van der Waals surface area contributed by atoms with E-state index in [2.05, 4.69) is 19.9 Å². The maximum Gasteiger partial charge on any atom is 0.119 e. The summed E-state index contributed by atoms with van der Waals surface area (Å²) in [4.78, 5) is 0. The standard InChI is InChI=1S/C20H31NO/c1-3-5-7-8-10-12-19(11-9-6-4-2)22-20-15-13-18(17-21)14-16-20/h13-16,19H,3-12H2,1-2H3. The van der Waals surface area contributed by atoms with Crippen LogP contribution >= 0.6 is 0 Å². The SMILES string of the molecule is CCCCCCCC(CCCCC)Oc1ccc(C#N)cc1. The monoisotopic (exact) mass is 301 g/mol. The van der Waals surface area contributed by atoms with Crippen LogP contribution in [0.2, 0.25) is 0 Å². The number of nitrogens with zero attached hydrogens (tertiary/aromatic N) is 1. The molecule has 0 N–H and O–H groups in total. The van der Waals surface area contributed by atoms with Crippen molar-refractivity contribution in [2.45, 2.75) is 84.2 Å². The Bertz CT molecular complexity index is 418. The Hall–Kier alpha value is -1.49. The number of hydrogen-bond acceptors (Lipinski definition) is 2. The van der Waals surface area contributed by atoms with Crippen molar-refractivity contribution >= 4 is 0 Å². The predicted octanol–water partition coefficient (Wildman–Crippen LogP) is 6.25. The van der Waals surface area contributed by atoms with Crippen LogP contribution in [0.3, 0.4) is 0 Å². The zero-order valence-corrected chi connectivity index (χ0v) is 14.3. The minimum absolute atomic E-state index is 0.320. The van der Waals surface area contributed by atoms with Gasteiger partial charge in [-0.25, -0.2) is 0 Å². The molecule has 1 aromatic rings. The zero-order valence-electron chi connectivity index (χ0n) is 14.3. The first kappa shape index (κ1) is 18.6. The highest BCUT2D eigenvalue weighted by Gasteiger charge is 2.10. The number of hydrogen-bond donors (Lipinski definition) is 0. The van der Waals surface area contributed by atoms with Crippen molar-refractivity contribution in [3.8, 4) is 11.8 Å². The van der Waals surface area contributed by atoms with E-state index >= 15 is 0 Å². The summed E-state index contributed by atoms with van der Waals surface area (Å²) in [6.07, 6.45) is 12.9. The summed E-state index contributed by atoms with van der Waals surface area (Å²) in [5.74, 6) is 0.897. The fraction of sp³-hybridized carbons (Fsp3) is 0.650. The van der Waals surface area contributed by atoms with E-state index in [0.717, 1.165) is 18.6 Å². The lowest BCUT2D eigenvalue weighted by molar-refractivity contribution is 0.173. The minimum Gasteiger partial charge on any atom is -0.490 e. The quantitative estimate of drug-likeness (QED) is 0.428. The molecule has 1 unspecified atom stereocenters. The molecule has 0 aromatic heterocycles. The average molecular weight is 301 g/mol. The van der Waals surface area contributed by atoms with Crippen LogP contribution in [0.5, 0.6) is 5.75 Å². The van der Waals surface area contributed by atoms with Crippen LogP contribution < -0.4 is 4.74 Å². The molecular formula is C20H31NO. The van der Waals surface area contributed by atoms with E-state index in [0.29, 0.717) is 11.7 Å². The molecule has 0 amide bonds. The van der Waals surface area contributed by atoms with Crippen LogP contribution in [0.1, 0.15) is 83.6 Å². The van der Waals surface area contributed by atoms with Crippen molar-refractivity contribution in [1.29, 1.82) is 5.26 Å². The largest absolute Gasteiger partial charge is 0.490 e. The number of ether oxygens (including phenoxy) is 1. The van der Waals surface area contributed by atoms with E-state index in [9.17, 15) is 0 Å². The Morgan fingerprint density at radius 2 is 1.41 bits per heavy atom. The van der Waals surface area contributed by atoms with Gasteiger partial charge in [-0.2, -0.15) is 5.26 Å². The summed E-state index contributed by atoms with van der Waals surface area (Å²) in [7, 11) is 0. The molecule has 0 saturated heterocycles. The Morgan fingerprint density at radius 3 is 2.00 bits per heavy atom. The molecule has 0 aliphatic rings. The van der Waals surface area contributed by atoms with Crippen LogP contribution in [0.4, 0.5) is 0 Å². The molecule has 1 atom stereocenters. The number of rotatable bonds is 12. The van der Waals surface area contributed by atoms with Crippen molar-refractivity contribution < 1.29 is 4.74 Å². The third-order valence-corrected chi connectivity index (χ3v) is 4.05. The molecular weight excluding hydrogens is 270 g/mol. The first-order valence-electron chi connectivity index (χ1n) is 8.97. The number of unbranched alkanes of at least 4 members (excludes halogenated alkanes) is 6. The van der Waals surface area contributed by atoms with Gasteiger partial charge in [-0.1, -0.05) is 52.4 Å². The third kappa shape index (κ3) is 8.08. The summed E-state index contributed by atoms with van der Waals surface area (Å²) in [6, 6.07) is 9.65. The van der Waals surface area contributed by atoms with E-state index in [1.165, 1.54) is 51.4 Å². The molecule has 0 spiro atoms. The highest BCUT2D eigenvalue weighted by atomic mass is 16.5. The molecule has 0 fully saturated rings.